The summed E-state index contributed by atoms with van der Waals surface area (Å²) >= 11 is 0. The number of carbonyl (C=O) groups excluding carboxylic acids is 2. The maximum atomic E-state index is 13.7. The highest BCUT2D eigenvalue weighted by atomic mass is 16.6. The van der Waals surface area contributed by atoms with Crippen molar-refractivity contribution >= 4 is 28.9 Å². The lowest BCUT2D eigenvalue weighted by atomic mass is 9.89. The quantitative estimate of drug-likeness (QED) is 0.197. The Balaban J connectivity index is 1.47. The molecule has 10 heteroatoms. The topological polar surface area (TPSA) is 129 Å². The van der Waals surface area contributed by atoms with Crippen LogP contribution in [0.2, 0.25) is 0 Å². The van der Waals surface area contributed by atoms with E-state index in [2.05, 4.69) is 5.43 Å². The number of furan rings is 1. The fourth-order valence-electron chi connectivity index (χ4n) is 5.10. The number of carbonyl (C=O) groups is 2. The third-order valence-electron chi connectivity index (χ3n) is 7.04. The van der Waals surface area contributed by atoms with Crippen molar-refractivity contribution < 1.29 is 24.0 Å². The van der Waals surface area contributed by atoms with E-state index in [9.17, 15) is 24.8 Å². The summed E-state index contributed by atoms with van der Waals surface area (Å²) in [4.78, 5) is 38.9. The number of imide groups is 1. The average Bonchev–Trinajstić information content (AvgIpc) is 3.45. The van der Waals surface area contributed by atoms with Gasteiger partial charge in [-0.25, -0.2) is 9.91 Å². The smallest absolute Gasteiger partial charge is 0.269 e. The highest BCUT2D eigenvalue weighted by Gasteiger charge is 2.54. The molecule has 0 radical (unpaired) electrons. The summed E-state index contributed by atoms with van der Waals surface area (Å²) in [5, 5.41) is 24.1. The molecular weight excluding hydrogens is 488 g/mol. The third kappa shape index (κ3) is 4.71. The largest absolute Gasteiger partial charge is 0.466 e. The number of nitro groups is 1. The number of hydrogen-bond acceptors (Lipinski definition) is 8. The fourth-order valence-corrected chi connectivity index (χ4v) is 5.10. The van der Waals surface area contributed by atoms with Crippen LogP contribution in [-0.4, -0.2) is 45.0 Å². The maximum absolute atomic E-state index is 13.7. The number of hydrogen-bond donors (Lipinski definition) is 2. The maximum Gasteiger partial charge on any atom is 0.269 e. The second-order valence-electron chi connectivity index (χ2n) is 9.67. The van der Waals surface area contributed by atoms with E-state index in [4.69, 9.17) is 4.42 Å². The van der Waals surface area contributed by atoms with E-state index in [1.807, 2.05) is 26.0 Å². The molecule has 0 bridgehead atoms. The number of rotatable bonds is 8. The van der Waals surface area contributed by atoms with Crippen LogP contribution in [0.3, 0.4) is 0 Å². The van der Waals surface area contributed by atoms with Crippen molar-refractivity contribution in [2.75, 3.05) is 10.3 Å². The summed E-state index contributed by atoms with van der Waals surface area (Å²) in [7, 11) is 0. The van der Waals surface area contributed by atoms with E-state index in [0.717, 1.165) is 11.5 Å². The molecule has 5 rings (SSSR count). The van der Waals surface area contributed by atoms with Crippen LogP contribution in [0.25, 0.3) is 0 Å². The average molecular weight is 517 g/mol. The number of nitrogens with zero attached hydrogens (tertiary/aromatic N) is 3. The van der Waals surface area contributed by atoms with Gasteiger partial charge in [0.25, 0.3) is 11.6 Å². The molecule has 196 valence electrons. The third-order valence-corrected chi connectivity index (χ3v) is 7.04. The Morgan fingerprint density at radius 3 is 2.37 bits per heavy atom. The van der Waals surface area contributed by atoms with E-state index in [0.29, 0.717) is 17.8 Å². The van der Waals surface area contributed by atoms with Crippen molar-refractivity contribution in [3.63, 3.8) is 0 Å². The van der Waals surface area contributed by atoms with Gasteiger partial charge < -0.3 is 14.9 Å². The van der Waals surface area contributed by atoms with Gasteiger partial charge in [0.15, 0.2) is 0 Å². The molecule has 2 N–H and O–H groups in total. The van der Waals surface area contributed by atoms with Crippen molar-refractivity contribution in [1.29, 1.82) is 0 Å². The molecule has 2 amide bonds. The van der Waals surface area contributed by atoms with Gasteiger partial charge in [0.05, 0.1) is 28.7 Å². The molecule has 1 aromatic heterocycles. The molecule has 3 aromatic rings. The number of aliphatic hydroxyl groups is 1. The minimum atomic E-state index is -0.927. The zero-order chi connectivity index (χ0) is 27.0. The number of non-ortho nitro benzene ring substituents is 1. The lowest BCUT2D eigenvalue weighted by Gasteiger charge is -2.41. The number of fused-ring (bicyclic) bond motifs is 1. The second kappa shape index (κ2) is 10.2. The molecule has 2 aliphatic rings. The van der Waals surface area contributed by atoms with Crippen LogP contribution in [0.4, 0.5) is 17.1 Å². The first-order chi connectivity index (χ1) is 18.2. The van der Waals surface area contributed by atoms with Gasteiger partial charge in [-0.3, -0.25) is 19.7 Å². The fraction of sp³-hybridized carbons (Fsp3) is 0.286. The predicted octanol–water partition coefficient (Wildman–Crippen LogP) is 4.18. The van der Waals surface area contributed by atoms with Crippen molar-refractivity contribution in [3.05, 3.63) is 101 Å². The lowest BCUT2D eigenvalue weighted by Crippen LogP contribution is -2.57. The normalized spacial score (nSPS) is 22.8. The number of benzene rings is 2. The highest BCUT2D eigenvalue weighted by Crippen LogP contribution is 2.37. The van der Waals surface area contributed by atoms with Crippen LogP contribution in [0.5, 0.6) is 0 Å². The molecule has 1 saturated heterocycles. The molecule has 2 aromatic carbocycles. The molecule has 5 atom stereocenters. The first-order valence-corrected chi connectivity index (χ1v) is 12.4. The molecule has 10 nitrogen and oxygen atoms in total. The molecule has 0 saturated carbocycles. The van der Waals surface area contributed by atoms with E-state index in [1.165, 1.54) is 29.2 Å². The Labute approximate surface area is 219 Å². The van der Waals surface area contributed by atoms with Crippen LogP contribution in [0, 0.1) is 23.0 Å². The Kier molecular flexibility index (Phi) is 6.83. The molecule has 1 fully saturated rings. The van der Waals surface area contributed by atoms with Crippen LogP contribution in [0.1, 0.15) is 30.8 Å². The Morgan fingerprint density at radius 2 is 1.74 bits per heavy atom. The summed E-state index contributed by atoms with van der Waals surface area (Å²) in [6, 6.07) is 16.6. The van der Waals surface area contributed by atoms with Crippen LogP contribution < -0.4 is 10.3 Å². The van der Waals surface area contributed by atoms with Crippen LogP contribution in [0.15, 0.2) is 83.3 Å². The van der Waals surface area contributed by atoms with Crippen molar-refractivity contribution in [3.8, 4) is 0 Å². The summed E-state index contributed by atoms with van der Waals surface area (Å²) < 4.78 is 5.73. The molecule has 0 spiro atoms. The molecular formula is C28H28N4O6. The molecule has 3 heterocycles. The minimum Gasteiger partial charge on any atom is -0.466 e. The highest BCUT2D eigenvalue weighted by molar-refractivity contribution is 6.24. The van der Waals surface area contributed by atoms with Gasteiger partial charge in [-0.2, -0.15) is 0 Å². The number of nitrogens with one attached hydrogen (secondary N) is 1. The number of aliphatic hydroxyl groups excluding tert-OH is 1. The SMILES string of the molecule is Cc1ccc(C(C)CC(O)C2C=CC3C(=O)N(c4ccccc4)C(=O)C3N2Nc2ccc([N+](=O)[O-])cc2)o1. The minimum absolute atomic E-state index is 0.0755. The van der Waals surface area contributed by atoms with Gasteiger partial charge in [0, 0.05) is 23.7 Å². The van der Waals surface area contributed by atoms with Crippen LogP contribution in [-0.2, 0) is 9.59 Å². The molecule has 2 aliphatic heterocycles. The summed E-state index contributed by atoms with van der Waals surface area (Å²) in [6.07, 6.45) is 2.84. The Bertz CT molecular complexity index is 1370. The first kappa shape index (κ1) is 25.4. The van der Waals surface area contributed by atoms with Gasteiger partial charge in [0.2, 0.25) is 5.91 Å². The Hall–Kier alpha value is -4.28. The summed E-state index contributed by atoms with van der Waals surface area (Å²) in [5.41, 5.74) is 4.04. The number of para-hydroxylation sites is 1. The molecule has 5 unspecified atom stereocenters. The first-order valence-electron chi connectivity index (χ1n) is 12.4. The molecule has 0 aliphatic carbocycles. The van der Waals surface area contributed by atoms with Gasteiger partial charge >= 0.3 is 0 Å². The number of hydrazine groups is 1. The van der Waals surface area contributed by atoms with Gasteiger partial charge in [0.1, 0.15) is 17.6 Å². The van der Waals surface area contributed by atoms with Gasteiger partial charge in [-0.05, 0) is 49.7 Å². The van der Waals surface area contributed by atoms with Gasteiger partial charge in [-0.1, -0.05) is 37.3 Å². The number of amides is 2. The second-order valence-corrected chi connectivity index (χ2v) is 9.67. The van der Waals surface area contributed by atoms with E-state index < -0.39 is 34.9 Å². The monoisotopic (exact) mass is 516 g/mol. The predicted molar refractivity (Wildman–Crippen MR) is 140 cm³/mol. The van der Waals surface area contributed by atoms with E-state index >= 15 is 0 Å². The lowest BCUT2D eigenvalue weighted by molar-refractivity contribution is -0.384. The number of nitro benzene ring substituents is 1. The zero-order valence-electron chi connectivity index (χ0n) is 20.9. The van der Waals surface area contributed by atoms with Crippen molar-refractivity contribution in [1.82, 2.24) is 5.01 Å². The standard InChI is InChI=1S/C28H28N4O6/c1-17(25-15-8-18(2)38-25)16-24(33)23-14-13-22-26(28(35)30(27(22)34)20-6-4-3-5-7-20)31(23)29-19-9-11-21(12-10-19)32(36)37/h3-15,17,22-24,26,29,33H,16H2,1-2H3. The van der Waals surface area contributed by atoms with E-state index in [1.54, 1.807) is 47.5 Å². The number of aryl methyl sites for hydroxylation is 1. The number of anilines is 2. The Morgan fingerprint density at radius 1 is 1.03 bits per heavy atom. The van der Waals surface area contributed by atoms with Crippen molar-refractivity contribution in [2.24, 2.45) is 5.92 Å². The van der Waals surface area contributed by atoms with Crippen molar-refractivity contribution in [2.45, 2.75) is 44.4 Å². The van der Waals surface area contributed by atoms with Crippen LogP contribution >= 0.6 is 0 Å². The zero-order valence-corrected chi connectivity index (χ0v) is 20.9. The summed E-state index contributed by atoms with van der Waals surface area (Å²) in [6.45, 7) is 3.81. The summed E-state index contributed by atoms with van der Waals surface area (Å²) in [5.74, 6) is -0.118. The van der Waals surface area contributed by atoms with E-state index in [-0.39, 0.29) is 17.5 Å². The van der Waals surface area contributed by atoms with Gasteiger partial charge in [-0.15, -0.1) is 0 Å². The molecule has 38 heavy (non-hydrogen) atoms.